The van der Waals surface area contributed by atoms with Crippen LogP contribution in [0.1, 0.15) is 22.7 Å². The fraction of sp³-hybridized carbons (Fsp3) is 0.115. The Labute approximate surface area is 209 Å². The molecule has 0 bridgehead atoms. The second kappa shape index (κ2) is 10.3. The summed E-state index contributed by atoms with van der Waals surface area (Å²) in [5, 5.41) is 1.20. The number of nitrogens with zero attached hydrogens (tertiary/aromatic N) is 1. The summed E-state index contributed by atoms with van der Waals surface area (Å²) in [7, 11) is 1.50. The van der Waals surface area contributed by atoms with E-state index in [9.17, 15) is 18.4 Å². The molecule has 0 fully saturated rings. The van der Waals surface area contributed by atoms with Crippen LogP contribution in [0.4, 0.5) is 13.6 Å². The third-order valence-corrected chi connectivity index (χ3v) is 5.95. The van der Waals surface area contributed by atoms with Crippen LogP contribution in [0.25, 0.3) is 22.0 Å². The first-order valence-electron chi connectivity index (χ1n) is 10.6. The Morgan fingerprint density at radius 3 is 2.31 bits per heavy atom. The van der Waals surface area contributed by atoms with Crippen molar-refractivity contribution < 1.29 is 27.8 Å². The van der Waals surface area contributed by atoms with Gasteiger partial charge in [0.1, 0.15) is 23.3 Å². The van der Waals surface area contributed by atoms with Crippen LogP contribution >= 0.6 is 11.6 Å². The van der Waals surface area contributed by atoms with Crippen molar-refractivity contribution in [2.24, 2.45) is 11.5 Å². The number of methoxy groups -OCH3 is 1. The second-order valence-electron chi connectivity index (χ2n) is 7.84. The molecule has 36 heavy (non-hydrogen) atoms. The average Bonchev–Trinajstić information content (AvgIpc) is 2.82. The summed E-state index contributed by atoms with van der Waals surface area (Å²) in [4.78, 5) is 28.8. The summed E-state index contributed by atoms with van der Waals surface area (Å²) in [6.45, 7) is 0.126. The number of amides is 2. The first-order chi connectivity index (χ1) is 17.2. The van der Waals surface area contributed by atoms with E-state index in [1.807, 2.05) is 0 Å². The number of nitrogens with two attached hydrogens (primary N) is 2. The fourth-order valence-electron chi connectivity index (χ4n) is 4.11. The van der Waals surface area contributed by atoms with Crippen molar-refractivity contribution in [2.75, 3.05) is 7.11 Å². The number of hydrogen-bond donors (Lipinski definition) is 2. The number of carbonyl (C=O) groups excluding carboxylic acids is 2. The monoisotopic (exact) mass is 511 g/mol. The summed E-state index contributed by atoms with van der Waals surface area (Å²) < 4.78 is 40.0. The highest BCUT2D eigenvalue weighted by molar-refractivity contribution is 6.31. The molecule has 0 aliphatic carbocycles. The minimum atomic E-state index is -1.60. The van der Waals surface area contributed by atoms with E-state index in [1.165, 1.54) is 25.3 Å². The number of halogens is 3. The van der Waals surface area contributed by atoms with Gasteiger partial charge in [0.25, 0.3) is 0 Å². The predicted molar refractivity (Wildman–Crippen MR) is 131 cm³/mol. The molecule has 0 saturated heterocycles. The van der Waals surface area contributed by atoms with Gasteiger partial charge in [-0.2, -0.15) is 0 Å². The Morgan fingerprint density at radius 1 is 1.00 bits per heavy atom. The number of pyridine rings is 1. The summed E-state index contributed by atoms with van der Waals surface area (Å²) in [6.07, 6.45) is -1.07. The van der Waals surface area contributed by atoms with Crippen LogP contribution in [0.2, 0.25) is 5.02 Å². The van der Waals surface area contributed by atoms with Gasteiger partial charge in [-0.1, -0.05) is 41.9 Å². The van der Waals surface area contributed by atoms with Crippen molar-refractivity contribution in [3.05, 3.63) is 94.1 Å². The van der Waals surface area contributed by atoms with Gasteiger partial charge in [-0.25, -0.2) is 13.6 Å². The van der Waals surface area contributed by atoms with Crippen molar-refractivity contribution in [1.29, 1.82) is 0 Å². The highest BCUT2D eigenvalue weighted by atomic mass is 35.5. The van der Waals surface area contributed by atoms with Crippen LogP contribution in [-0.4, -0.2) is 24.1 Å². The van der Waals surface area contributed by atoms with Crippen molar-refractivity contribution >= 4 is 34.4 Å². The van der Waals surface area contributed by atoms with Gasteiger partial charge in [-0.3, -0.25) is 9.78 Å². The molecular weight excluding hydrogens is 492 g/mol. The van der Waals surface area contributed by atoms with Gasteiger partial charge in [0, 0.05) is 39.6 Å². The van der Waals surface area contributed by atoms with Crippen LogP contribution in [0.15, 0.2) is 60.7 Å². The number of benzene rings is 3. The molecule has 184 valence electrons. The quantitative estimate of drug-likeness (QED) is 0.360. The molecule has 0 saturated carbocycles. The molecule has 1 atom stereocenters. The molecule has 0 aliphatic heterocycles. The zero-order valence-electron chi connectivity index (χ0n) is 18.9. The second-order valence-corrected chi connectivity index (χ2v) is 8.24. The first kappa shape index (κ1) is 25.0. The maximum atomic E-state index is 14.8. The Morgan fingerprint density at radius 2 is 1.67 bits per heavy atom. The van der Waals surface area contributed by atoms with Gasteiger partial charge < -0.3 is 20.9 Å². The lowest BCUT2D eigenvalue weighted by atomic mass is 9.90. The molecule has 1 heterocycles. The largest absolute Gasteiger partial charge is 0.410 e. The van der Waals surface area contributed by atoms with E-state index in [0.29, 0.717) is 32.6 Å². The van der Waals surface area contributed by atoms with E-state index < -0.39 is 35.1 Å². The number of ether oxygens (including phenoxy) is 2. The summed E-state index contributed by atoms with van der Waals surface area (Å²) >= 11 is 6.43. The van der Waals surface area contributed by atoms with Gasteiger partial charge >= 0.3 is 6.09 Å². The van der Waals surface area contributed by atoms with Crippen molar-refractivity contribution in [3.63, 3.8) is 0 Å². The van der Waals surface area contributed by atoms with Gasteiger partial charge in [-0.15, -0.1) is 0 Å². The third kappa shape index (κ3) is 4.71. The van der Waals surface area contributed by atoms with Gasteiger partial charge in [-0.05, 0) is 30.3 Å². The molecular formula is C26H20ClF2N3O4. The minimum Gasteiger partial charge on any atom is -0.410 e. The van der Waals surface area contributed by atoms with Gasteiger partial charge in [0.15, 0.2) is 0 Å². The number of aromatic nitrogens is 1. The van der Waals surface area contributed by atoms with E-state index in [2.05, 4.69) is 4.98 Å². The van der Waals surface area contributed by atoms with Crippen LogP contribution in [0.5, 0.6) is 5.75 Å². The van der Waals surface area contributed by atoms with Crippen molar-refractivity contribution in [1.82, 2.24) is 4.98 Å². The van der Waals surface area contributed by atoms with Gasteiger partial charge in [0.2, 0.25) is 5.91 Å². The van der Waals surface area contributed by atoms with E-state index in [-0.39, 0.29) is 18.1 Å². The third-order valence-electron chi connectivity index (χ3n) is 5.60. The molecule has 4 N–H and O–H groups in total. The van der Waals surface area contributed by atoms with E-state index >= 15 is 0 Å². The SMILES string of the molecule is COCc1c(Cl)cccc1-c1nc(C(C(N)=O)c2c(F)cccc2F)cc2c(OC(N)=O)cccc12. The molecule has 0 aliphatic rings. The lowest BCUT2D eigenvalue weighted by Crippen LogP contribution is -2.25. The number of primary amides is 2. The number of fused-ring (bicyclic) bond motifs is 1. The smallest absolute Gasteiger partial charge is 0.409 e. The normalized spacial score (nSPS) is 11.9. The summed E-state index contributed by atoms with van der Waals surface area (Å²) in [5.41, 5.74) is 11.7. The molecule has 7 nitrogen and oxygen atoms in total. The number of carbonyl (C=O) groups is 2. The molecule has 4 rings (SSSR count). The molecule has 3 aromatic carbocycles. The molecule has 0 radical (unpaired) electrons. The summed E-state index contributed by atoms with van der Waals surface area (Å²) in [5.74, 6) is -4.51. The molecule has 1 unspecified atom stereocenters. The van der Waals surface area contributed by atoms with Crippen LogP contribution in [-0.2, 0) is 16.1 Å². The zero-order chi connectivity index (χ0) is 26.0. The Hall–Kier alpha value is -4.08. The van der Waals surface area contributed by atoms with E-state index in [4.69, 9.17) is 32.5 Å². The van der Waals surface area contributed by atoms with Crippen LogP contribution in [0.3, 0.4) is 0 Å². The fourth-order valence-corrected chi connectivity index (χ4v) is 4.34. The maximum Gasteiger partial charge on any atom is 0.409 e. The van der Waals surface area contributed by atoms with Crippen LogP contribution in [0, 0.1) is 11.6 Å². The standard InChI is InChI=1S/C26H20ClF2N3O4/c1-35-12-16-14(5-2-7-17(16)27)24-13-6-3-10-21(36-26(31)34)15(13)11-20(32-24)23(25(30)33)22-18(28)8-4-9-19(22)29/h2-11,23H,12H2,1H3,(H2,30,33)(H2,31,34). The molecule has 1 aromatic heterocycles. The predicted octanol–water partition coefficient (Wildman–Crippen LogP) is 5.05. The number of hydrogen-bond acceptors (Lipinski definition) is 5. The highest BCUT2D eigenvalue weighted by Crippen LogP contribution is 2.39. The van der Waals surface area contributed by atoms with E-state index in [1.54, 1.807) is 30.3 Å². The Balaban J connectivity index is 2.11. The molecule has 4 aromatic rings. The summed E-state index contributed by atoms with van der Waals surface area (Å²) in [6, 6.07) is 14.5. The van der Waals surface area contributed by atoms with Crippen molar-refractivity contribution in [2.45, 2.75) is 12.5 Å². The lowest BCUT2D eigenvalue weighted by molar-refractivity contribution is -0.118. The van der Waals surface area contributed by atoms with Crippen LogP contribution < -0.4 is 16.2 Å². The van der Waals surface area contributed by atoms with Crippen molar-refractivity contribution in [3.8, 4) is 17.0 Å². The van der Waals surface area contributed by atoms with E-state index in [0.717, 1.165) is 12.1 Å². The Kier molecular flexibility index (Phi) is 7.14. The minimum absolute atomic E-state index is 0.0532. The lowest BCUT2D eigenvalue weighted by Gasteiger charge is -2.20. The maximum absolute atomic E-state index is 14.8. The first-order valence-corrected chi connectivity index (χ1v) is 11.0. The number of rotatable bonds is 7. The topological polar surface area (TPSA) is 118 Å². The molecule has 10 heteroatoms. The molecule has 0 spiro atoms. The molecule has 2 amide bonds. The highest BCUT2D eigenvalue weighted by Gasteiger charge is 2.30. The Bertz CT molecular complexity index is 1480. The average molecular weight is 512 g/mol. The van der Waals surface area contributed by atoms with Gasteiger partial charge in [0.05, 0.1) is 18.0 Å². The zero-order valence-corrected chi connectivity index (χ0v) is 19.7.